The van der Waals surface area contributed by atoms with Gasteiger partial charge in [-0.3, -0.25) is 4.79 Å². The molecule has 1 aliphatic rings. The number of piperidine rings is 1. The summed E-state index contributed by atoms with van der Waals surface area (Å²) < 4.78 is 0. The average molecular weight is 313 g/mol. The van der Waals surface area contributed by atoms with Gasteiger partial charge in [-0.2, -0.15) is 0 Å². The van der Waals surface area contributed by atoms with Crippen LogP contribution in [0.2, 0.25) is 5.02 Å². The van der Waals surface area contributed by atoms with Crippen molar-refractivity contribution < 1.29 is 4.79 Å². The van der Waals surface area contributed by atoms with Gasteiger partial charge in [0, 0.05) is 23.5 Å². The number of carbonyl (C=O) groups excluding carboxylic acids is 1. The number of benzene rings is 1. The quantitative estimate of drug-likeness (QED) is 0.870. The van der Waals surface area contributed by atoms with E-state index in [0.717, 1.165) is 30.7 Å². The van der Waals surface area contributed by atoms with Gasteiger partial charge in [0.15, 0.2) is 0 Å². The van der Waals surface area contributed by atoms with Crippen molar-refractivity contribution in [3.63, 3.8) is 0 Å². The van der Waals surface area contributed by atoms with Gasteiger partial charge in [0.2, 0.25) is 0 Å². The number of rotatable bonds is 3. The maximum atomic E-state index is 12.8. The number of amides is 1. The van der Waals surface area contributed by atoms with Crippen molar-refractivity contribution in [1.29, 1.82) is 0 Å². The number of nitrogens with two attached hydrogens (primary N) is 1. The Morgan fingerprint density at radius 1 is 1.50 bits per heavy atom. The number of hydrogen-bond acceptors (Lipinski definition) is 3. The SMILES string of the molecule is CSc1ccc(Cl)c(C(=O)N2CCCCC2C(C)N)c1. The van der Waals surface area contributed by atoms with Crippen LogP contribution in [-0.2, 0) is 0 Å². The van der Waals surface area contributed by atoms with Gasteiger partial charge in [-0.15, -0.1) is 11.8 Å². The summed E-state index contributed by atoms with van der Waals surface area (Å²) in [6.45, 7) is 2.74. The molecule has 0 saturated carbocycles. The van der Waals surface area contributed by atoms with Crippen molar-refractivity contribution in [3.05, 3.63) is 28.8 Å². The molecule has 1 saturated heterocycles. The van der Waals surface area contributed by atoms with E-state index in [2.05, 4.69) is 0 Å². The summed E-state index contributed by atoms with van der Waals surface area (Å²) in [6, 6.07) is 5.71. The van der Waals surface area contributed by atoms with Crippen LogP contribution in [0.4, 0.5) is 0 Å². The molecule has 2 rings (SSSR count). The lowest BCUT2D eigenvalue weighted by atomic mass is 9.96. The maximum Gasteiger partial charge on any atom is 0.255 e. The Balaban J connectivity index is 2.29. The molecule has 2 N–H and O–H groups in total. The number of likely N-dealkylation sites (tertiary alicyclic amines) is 1. The van der Waals surface area contributed by atoms with Crippen LogP contribution in [-0.4, -0.2) is 35.7 Å². The monoisotopic (exact) mass is 312 g/mol. The van der Waals surface area contributed by atoms with E-state index in [4.69, 9.17) is 17.3 Å². The average Bonchev–Trinajstić information content (AvgIpc) is 2.47. The van der Waals surface area contributed by atoms with Crippen molar-refractivity contribution in [3.8, 4) is 0 Å². The topological polar surface area (TPSA) is 46.3 Å². The highest BCUT2D eigenvalue weighted by molar-refractivity contribution is 7.98. The summed E-state index contributed by atoms with van der Waals surface area (Å²) in [5.41, 5.74) is 6.63. The first-order valence-corrected chi connectivity index (χ1v) is 8.55. The molecule has 110 valence electrons. The molecule has 2 atom stereocenters. The highest BCUT2D eigenvalue weighted by Gasteiger charge is 2.30. The summed E-state index contributed by atoms with van der Waals surface area (Å²) in [6.07, 6.45) is 5.13. The predicted molar refractivity (Wildman–Crippen MR) is 85.6 cm³/mol. The summed E-state index contributed by atoms with van der Waals surface area (Å²) in [4.78, 5) is 15.7. The number of thioether (sulfide) groups is 1. The first kappa shape index (κ1) is 15.7. The van der Waals surface area contributed by atoms with Crippen molar-refractivity contribution in [1.82, 2.24) is 4.90 Å². The van der Waals surface area contributed by atoms with Crippen molar-refractivity contribution in [2.75, 3.05) is 12.8 Å². The first-order chi connectivity index (χ1) is 9.54. The van der Waals surface area contributed by atoms with Crippen molar-refractivity contribution >= 4 is 29.3 Å². The third-order valence-corrected chi connectivity index (χ3v) is 4.88. The lowest BCUT2D eigenvalue weighted by Gasteiger charge is -2.38. The van der Waals surface area contributed by atoms with Crippen LogP contribution < -0.4 is 5.73 Å². The fourth-order valence-electron chi connectivity index (χ4n) is 2.71. The standard InChI is InChI=1S/C15H21ClN2OS/c1-10(17)14-5-3-4-8-18(14)15(19)12-9-11(20-2)6-7-13(12)16/h6-7,9-10,14H,3-5,8,17H2,1-2H3. The van der Waals surface area contributed by atoms with E-state index in [0.29, 0.717) is 10.6 Å². The van der Waals surface area contributed by atoms with E-state index in [-0.39, 0.29) is 18.0 Å². The molecule has 1 aromatic rings. The molecule has 1 heterocycles. The molecule has 1 fully saturated rings. The normalized spacial score (nSPS) is 20.8. The minimum atomic E-state index is -0.0123. The zero-order chi connectivity index (χ0) is 14.7. The minimum Gasteiger partial charge on any atom is -0.334 e. The fraction of sp³-hybridized carbons (Fsp3) is 0.533. The smallest absolute Gasteiger partial charge is 0.255 e. The molecule has 0 aromatic heterocycles. The van der Waals surface area contributed by atoms with E-state index in [1.165, 1.54) is 0 Å². The second kappa shape index (κ2) is 6.83. The number of halogens is 1. The van der Waals surface area contributed by atoms with E-state index in [9.17, 15) is 4.79 Å². The molecule has 20 heavy (non-hydrogen) atoms. The number of carbonyl (C=O) groups is 1. The number of nitrogens with zero attached hydrogens (tertiary/aromatic N) is 1. The van der Waals surface area contributed by atoms with Gasteiger partial charge in [0.1, 0.15) is 0 Å². The van der Waals surface area contributed by atoms with Crippen LogP contribution in [0.1, 0.15) is 36.5 Å². The summed E-state index contributed by atoms with van der Waals surface area (Å²) in [5, 5.41) is 0.516. The van der Waals surface area contributed by atoms with Crippen LogP contribution in [0.5, 0.6) is 0 Å². The maximum absolute atomic E-state index is 12.8. The fourth-order valence-corrected chi connectivity index (χ4v) is 3.34. The van der Waals surface area contributed by atoms with Crippen LogP contribution in [0, 0.1) is 0 Å². The molecule has 0 radical (unpaired) electrons. The number of hydrogen-bond donors (Lipinski definition) is 1. The molecule has 1 amide bonds. The van der Waals surface area contributed by atoms with Gasteiger partial charge in [-0.05, 0) is 50.6 Å². The van der Waals surface area contributed by atoms with Gasteiger partial charge in [0.25, 0.3) is 5.91 Å². The Morgan fingerprint density at radius 2 is 2.25 bits per heavy atom. The lowest BCUT2D eigenvalue weighted by molar-refractivity contribution is 0.0583. The van der Waals surface area contributed by atoms with Crippen LogP contribution in [0.3, 0.4) is 0 Å². The molecular formula is C15H21ClN2OS. The summed E-state index contributed by atoms with van der Waals surface area (Å²) in [5.74, 6) is 0.00731. The molecule has 0 aliphatic carbocycles. The van der Waals surface area contributed by atoms with Crippen LogP contribution in [0.25, 0.3) is 0 Å². The Labute approximate surface area is 129 Å². The van der Waals surface area contributed by atoms with E-state index in [1.54, 1.807) is 17.8 Å². The van der Waals surface area contributed by atoms with E-state index < -0.39 is 0 Å². The van der Waals surface area contributed by atoms with Crippen molar-refractivity contribution in [2.24, 2.45) is 5.73 Å². The summed E-state index contributed by atoms with van der Waals surface area (Å²) >= 11 is 7.82. The largest absolute Gasteiger partial charge is 0.334 e. The van der Waals surface area contributed by atoms with Crippen molar-refractivity contribution in [2.45, 2.75) is 43.2 Å². The highest BCUT2D eigenvalue weighted by Crippen LogP contribution is 2.27. The van der Waals surface area contributed by atoms with Crippen LogP contribution in [0.15, 0.2) is 23.1 Å². The Morgan fingerprint density at radius 3 is 2.90 bits per heavy atom. The Kier molecular flexibility index (Phi) is 5.35. The third kappa shape index (κ3) is 3.30. The summed E-state index contributed by atoms with van der Waals surface area (Å²) in [7, 11) is 0. The Hall–Kier alpha value is -0.710. The van der Waals surface area contributed by atoms with Gasteiger partial charge < -0.3 is 10.6 Å². The predicted octanol–water partition coefficient (Wildman–Crippen LogP) is 3.40. The van der Waals surface area contributed by atoms with Gasteiger partial charge in [-0.1, -0.05) is 11.6 Å². The first-order valence-electron chi connectivity index (χ1n) is 6.94. The zero-order valence-electron chi connectivity index (χ0n) is 11.9. The molecular weight excluding hydrogens is 292 g/mol. The molecule has 0 bridgehead atoms. The lowest BCUT2D eigenvalue weighted by Crippen LogP contribution is -2.51. The molecule has 3 nitrogen and oxygen atoms in total. The molecule has 5 heteroatoms. The van der Waals surface area contributed by atoms with E-state index in [1.807, 2.05) is 30.2 Å². The molecule has 0 spiro atoms. The molecule has 2 unspecified atom stereocenters. The Bertz CT molecular complexity index is 493. The second-order valence-electron chi connectivity index (χ2n) is 5.27. The highest BCUT2D eigenvalue weighted by atomic mass is 35.5. The second-order valence-corrected chi connectivity index (χ2v) is 6.55. The van der Waals surface area contributed by atoms with Gasteiger partial charge in [0.05, 0.1) is 10.6 Å². The van der Waals surface area contributed by atoms with E-state index >= 15 is 0 Å². The molecule has 1 aromatic carbocycles. The third-order valence-electron chi connectivity index (χ3n) is 3.82. The minimum absolute atomic E-state index is 0.00731. The molecule has 1 aliphatic heterocycles. The van der Waals surface area contributed by atoms with Gasteiger partial charge in [-0.25, -0.2) is 0 Å². The van der Waals surface area contributed by atoms with Crippen LogP contribution >= 0.6 is 23.4 Å². The van der Waals surface area contributed by atoms with Gasteiger partial charge >= 0.3 is 0 Å². The zero-order valence-corrected chi connectivity index (χ0v) is 13.5.